The summed E-state index contributed by atoms with van der Waals surface area (Å²) in [5, 5.41) is 8.70. The molecule has 1 heterocycles. The average Bonchev–Trinajstić information content (AvgIpc) is 2.29. The summed E-state index contributed by atoms with van der Waals surface area (Å²) in [5.74, 6) is 1.94. The molecule has 0 bridgehead atoms. The fraction of sp³-hybridized carbons (Fsp3) is 0.364. The maximum Gasteiger partial charge on any atom is 0.338 e. The van der Waals surface area contributed by atoms with Crippen LogP contribution in [-0.4, -0.2) is 34.1 Å². The van der Waals surface area contributed by atoms with Crippen LogP contribution in [0.1, 0.15) is 23.7 Å². The number of hydrogen-bond acceptors (Lipinski definition) is 4. The minimum absolute atomic E-state index is 0.0703. The molecule has 16 heavy (non-hydrogen) atoms. The molecule has 1 rings (SSSR count). The number of aromatic carboxylic acids is 1. The Hall–Kier alpha value is -2.09. The van der Waals surface area contributed by atoms with Crippen LogP contribution in [0.5, 0.6) is 0 Å². The van der Waals surface area contributed by atoms with Crippen LogP contribution in [-0.2, 0) is 0 Å². The highest BCUT2D eigenvalue weighted by atomic mass is 16.4. The number of nitrogens with zero attached hydrogens (tertiary/aromatic N) is 3. The molecule has 0 unspecified atom stereocenters. The molecule has 0 aromatic carbocycles. The number of carbonyl (C=O) groups is 1. The lowest BCUT2D eigenvalue weighted by atomic mass is 10.3. The van der Waals surface area contributed by atoms with Crippen molar-refractivity contribution >= 4 is 11.9 Å². The van der Waals surface area contributed by atoms with E-state index >= 15 is 0 Å². The van der Waals surface area contributed by atoms with E-state index in [1.54, 1.807) is 0 Å². The molecule has 5 heteroatoms. The molecule has 84 valence electrons. The summed E-state index contributed by atoms with van der Waals surface area (Å²) in [4.78, 5) is 20.4. The van der Waals surface area contributed by atoms with Crippen LogP contribution < -0.4 is 4.90 Å². The maximum absolute atomic E-state index is 10.6. The molecule has 0 atom stereocenters. The van der Waals surface area contributed by atoms with E-state index in [0.717, 1.165) is 13.0 Å². The maximum atomic E-state index is 10.6. The van der Waals surface area contributed by atoms with E-state index in [-0.39, 0.29) is 5.56 Å². The average molecular weight is 219 g/mol. The van der Waals surface area contributed by atoms with Gasteiger partial charge in [0.05, 0.1) is 12.1 Å². The Balaban J connectivity index is 2.85. The van der Waals surface area contributed by atoms with Crippen LogP contribution in [0.15, 0.2) is 12.4 Å². The van der Waals surface area contributed by atoms with E-state index in [9.17, 15) is 4.79 Å². The summed E-state index contributed by atoms with van der Waals surface area (Å²) in [5.41, 5.74) is 0.0703. The Kier molecular flexibility index (Phi) is 4.28. The fourth-order valence-electron chi connectivity index (χ4n) is 1.22. The molecule has 1 N–H and O–H groups in total. The molecule has 5 nitrogen and oxygen atoms in total. The third-order valence-corrected chi connectivity index (χ3v) is 1.94. The normalized spacial score (nSPS) is 9.50. The third-order valence-electron chi connectivity index (χ3n) is 1.94. The summed E-state index contributed by atoms with van der Waals surface area (Å²) in [6, 6.07) is 0. The first-order valence-electron chi connectivity index (χ1n) is 4.92. The van der Waals surface area contributed by atoms with E-state index in [2.05, 4.69) is 15.9 Å². The van der Waals surface area contributed by atoms with Crippen molar-refractivity contribution < 1.29 is 9.90 Å². The number of carboxylic acids is 1. The third kappa shape index (κ3) is 2.95. The van der Waals surface area contributed by atoms with Crippen molar-refractivity contribution in [2.45, 2.75) is 13.3 Å². The number of hydrogen-bond donors (Lipinski definition) is 1. The molecule has 0 fully saturated rings. The van der Waals surface area contributed by atoms with Gasteiger partial charge < -0.3 is 10.0 Å². The molecule has 0 aliphatic rings. The van der Waals surface area contributed by atoms with Crippen molar-refractivity contribution in [3.05, 3.63) is 18.0 Å². The molecule has 0 aliphatic heterocycles. The second kappa shape index (κ2) is 5.71. The van der Waals surface area contributed by atoms with Gasteiger partial charge in [0.1, 0.15) is 0 Å². The van der Waals surface area contributed by atoms with Gasteiger partial charge in [-0.1, -0.05) is 12.8 Å². The number of carboxylic acid groups (broad SMARTS) is 1. The molecular formula is C11H13N3O2. The van der Waals surface area contributed by atoms with Crippen molar-refractivity contribution in [3.63, 3.8) is 0 Å². The second-order valence-electron chi connectivity index (χ2n) is 3.20. The number of anilines is 1. The van der Waals surface area contributed by atoms with Gasteiger partial charge in [-0.25, -0.2) is 14.8 Å². The van der Waals surface area contributed by atoms with Crippen LogP contribution in [0, 0.1) is 12.3 Å². The zero-order valence-electron chi connectivity index (χ0n) is 9.05. The summed E-state index contributed by atoms with van der Waals surface area (Å²) >= 11 is 0. The summed E-state index contributed by atoms with van der Waals surface area (Å²) in [7, 11) is 0. The SMILES string of the molecule is C#CCN(CCC)c1ncc(C(=O)O)cn1. The van der Waals surface area contributed by atoms with Crippen molar-refractivity contribution in [3.8, 4) is 12.3 Å². The summed E-state index contributed by atoms with van der Waals surface area (Å²) in [6.07, 6.45) is 8.72. The first-order valence-corrected chi connectivity index (χ1v) is 4.92. The Morgan fingerprint density at radius 2 is 2.19 bits per heavy atom. The summed E-state index contributed by atoms with van der Waals surface area (Å²) in [6.45, 7) is 3.19. The van der Waals surface area contributed by atoms with Gasteiger partial charge >= 0.3 is 5.97 Å². The van der Waals surface area contributed by atoms with Crippen molar-refractivity contribution in [1.29, 1.82) is 0 Å². The molecule has 0 radical (unpaired) electrons. The van der Waals surface area contributed by atoms with Crippen LogP contribution in [0.25, 0.3) is 0 Å². The number of aromatic nitrogens is 2. The summed E-state index contributed by atoms with van der Waals surface area (Å²) < 4.78 is 0. The molecule has 0 amide bonds. The van der Waals surface area contributed by atoms with Crippen molar-refractivity contribution in [1.82, 2.24) is 9.97 Å². The Bertz CT molecular complexity index is 395. The van der Waals surface area contributed by atoms with Gasteiger partial charge in [0.2, 0.25) is 5.95 Å². The van der Waals surface area contributed by atoms with Crippen LogP contribution >= 0.6 is 0 Å². The molecule has 0 spiro atoms. The molecule has 0 aliphatic carbocycles. The van der Waals surface area contributed by atoms with E-state index in [1.807, 2.05) is 11.8 Å². The van der Waals surface area contributed by atoms with E-state index in [4.69, 9.17) is 11.5 Å². The minimum Gasteiger partial charge on any atom is -0.478 e. The fourth-order valence-corrected chi connectivity index (χ4v) is 1.22. The molecule has 0 saturated heterocycles. The van der Waals surface area contributed by atoms with Gasteiger partial charge in [-0.05, 0) is 6.42 Å². The van der Waals surface area contributed by atoms with E-state index in [1.165, 1.54) is 12.4 Å². The van der Waals surface area contributed by atoms with Crippen LogP contribution in [0.4, 0.5) is 5.95 Å². The zero-order valence-corrected chi connectivity index (χ0v) is 9.05. The van der Waals surface area contributed by atoms with E-state index in [0.29, 0.717) is 12.5 Å². The molecular weight excluding hydrogens is 206 g/mol. The number of terminal acetylenes is 1. The smallest absolute Gasteiger partial charge is 0.338 e. The van der Waals surface area contributed by atoms with Gasteiger partial charge in [0.15, 0.2) is 0 Å². The predicted molar refractivity (Wildman–Crippen MR) is 60.3 cm³/mol. The largest absolute Gasteiger partial charge is 0.478 e. The second-order valence-corrected chi connectivity index (χ2v) is 3.20. The zero-order chi connectivity index (χ0) is 12.0. The highest BCUT2D eigenvalue weighted by Gasteiger charge is 2.09. The van der Waals surface area contributed by atoms with Gasteiger partial charge in [-0.2, -0.15) is 0 Å². The lowest BCUT2D eigenvalue weighted by Gasteiger charge is -2.18. The molecule has 1 aromatic rings. The van der Waals surface area contributed by atoms with Gasteiger partial charge in [-0.3, -0.25) is 0 Å². The monoisotopic (exact) mass is 219 g/mol. The van der Waals surface area contributed by atoms with Crippen LogP contribution in [0.2, 0.25) is 0 Å². The Morgan fingerprint density at radius 3 is 2.62 bits per heavy atom. The lowest BCUT2D eigenvalue weighted by Crippen LogP contribution is -2.26. The van der Waals surface area contributed by atoms with Gasteiger partial charge in [0.25, 0.3) is 0 Å². The quantitative estimate of drug-likeness (QED) is 0.749. The minimum atomic E-state index is -1.04. The lowest BCUT2D eigenvalue weighted by molar-refractivity contribution is 0.0696. The number of rotatable bonds is 5. The Labute approximate surface area is 94.1 Å². The van der Waals surface area contributed by atoms with Crippen LogP contribution in [0.3, 0.4) is 0 Å². The standard InChI is InChI=1S/C11H13N3O2/c1-3-5-14(6-4-2)11-12-7-9(8-13-11)10(15)16/h1,7-8H,4-6H2,2H3,(H,15,16). The topological polar surface area (TPSA) is 66.3 Å². The predicted octanol–water partition coefficient (Wildman–Crippen LogP) is 1.02. The highest BCUT2D eigenvalue weighted by molar-refractivity contribution is 5.86. The first-order chi connectivity index (χ1) is 7.69. The Morgan fingerprint density at radius 1 is 1.56 bits per heavy atom. The highest BCUT2D eigenvalue weighted by Crippen LogP contribution is 2.07. The van der Waals surface area contributed by atoms with Gasteiger partial charge in [0, 0.05) is 18.9 Å². The first kappa shape index (κ1) is 12.0. The molecule has 0 saturated carbocycles. The van der Waals surface area contributed by atoms with Crippen molar-refractivity contribution in [2.24, 2.45) is 0 Å². The molecule has 1 aromatic heterocycles. The van der Waals surface area contributed by atoms with Crippen molar-refractivity contribution in [2.75, 3.05) is 18.0 Å². The van der Waals surface area contributed by atoms with E-state index < -0.39 is 5.97 Å². The van der Waals surface area contributed by atoms with Gasteiger partial charge in [-0.15, -0.1) is 6.42 Å².